The van der Waals surface area contributed by atoms with Crippen molar-refractivity contribution in [3.63, 3.8) is 0 Å². The molecular weight excluding hydrogens is 314 g/mol. The van der Waals surface area contributed by atoms with Crippen LogP contribution >= 0.6 is 0 Å². The average Bonchev–Trinajstić information content (AvgIpc) is 3.33. The fraction of sp³-hybridized carbons (Fsp3) is 0.474. The Hall–Kier alpha value is -2.34. The van der Waals surface area contributed by atoms with Crippen molar-refractivity contribution in [2.45, 2.75) is 37.8 Å². The summed E-state index contributed by atoms with van der Waals surface area (Å²) in [7, 11) is 0. The lowest BCUT2D eigenvalue weighted by Gasteiger charge is -2.39. The molecule has 4 heterocycles. The summed E-state index contributed by atoms with van der Waals surface area (Å²) < 4.78 is 0. The molecule has 0 saturated carbocycles. The normalized spacial score (nSPS) is 23.9. The van der Waals surface area contributed by atoms with Crippen molar-refractivity contribution in [1.29, 1.82) is 0 Å². The molecule has 0 aromatic carbocycles. The molecule has 0 bridgehead atoms. The van der Waals surface area contributed by atoms with Gasteiger partial charge in [0.25, 0.3) is 0 Å². The van der Waals surface area contributed by atoms with E-state index in [-0.39, 0.29) is 5.91 Å². The first-order valence-corrected chi connectivity index (χ1v) is 9.01. The molecule has 2 aromatic heterocycles. The first-order chi connectivity index (χ1) is 12.3. The fourth-order valence-electron chi connectivity index (χ4n) is 4.11. The number of carbonyl (C=O) groups is 1. The largest absolute Gasteiger partial charge is 0.341 e. The van der Waals surface area contributed by atoms with E-state index in [0.29, 0.717) is 6.54 Å². The standard InChI is InChI=1S/C19H23N5O/c25-18(23-11-3-4-12-23)19(17-14-20-9-10-22-17)7-5-13-24(19)15-16-6-1-2-8-21-16/h1-2,6,8-10,14H,3-5,7,11-13,15H2/t19-/m1/s1. The molecule has 0 N–H and O–H groups in total. The van der Waals surface area contributed by atoms with Crippen LogP contribution in [0.3, 0.4) is 0 Å². The molecule has 0 aliphatic carbocycles. The number of carbonyl (C=O) groups excluding carboxylic acids is 1. The summed E-state index contributed by atoms with van der Waals surface area (Å²) in [5, 5.41) is 0. The van der Waals surface area contributed by atoms with Gasteiger partial charge >= 0.3 is 0 Å². The van der Waals surface area contributed by atoms with Crippen molar-refractivity contribution in [2.75, 3.05) is 19.6 Å². The van der Waals surface area contributed by atoms with Crippen LogP contribution in [0.15, 0.2) is 43.0 Å². The highest BCUT2D eigenvalue weighted by atomic mass is 16.2. The summed E-state index contributed by atoms with van der Waals surface area (Å²) in [4.78, 5) is 31.1. The molecule has 25 heavy (non-hydrogen) atoms. The first kappa shape index (κ1) is 16.1. The minimum Gasteiger partial charge on any atom is -0.341 e. The van der Waals surface area contributed by atoms with Gasteiger partial charge in [0.2, 0.25) is 5.91 Å². The van der Waals surface area contributed by atoms with Crippen LogP contribution in [0, 0.1) is 0 Å². The van der Waals surface area contributed by atoms with Crippen LogP contribution in [-0.4, -0.2) is 50.3 Å². The molecule has 0 unspecified atom stereocenters. The van der Waals surface area contributed by atoms with E-state index in [1.54, 1.807) is 24.8 Å². The van der Waals surface area contributed by atoms with Crippen molar-refractivity contribution in [3.05, 3.63) is 54.4 Å². The van der Waals surface area contributed by atoms with E-state index < -0.39 is 5.54 Å². The van der Waals surface area contributed by atoms with Crippen molar-refractivity contribution in [2.24, 2.45) is 0 Å². The fourth-order valence-corrected chi connectivity index (χ4v) is 4.11. The highest BCUT2D eigenvalue weighted by Gasteiger charge is 2.52. The quantitative estimate of drug-likeness (QED) is 0.854. The van der Waals surface area contributed by atoms with Gasteiger partial charge in [-0.25, -0.2) is 0 Å². The Morgan fingerprint density at radius 3 is 2.64 bits per heavy atom. The predicted octanol–water partition coefficient (Wildman–Crippen LogP) is 1.99. The molecule has 1 atom stereocenters. The molecule has 2 aliphatic heterocycles. The van der Waals surface area contributed by atoms with Crippen LogP contribution in [0.5, 0.6) is 0 Å². The van der Waals surface area contributed by atoms with Gasteiger partial charge in [-0.3, -0.25) is 24.6 Å². The number of likely N-dealkylation sites (tertiary alicyclic amines) is 2. The highest BCUT2D eigenvalue weighted by molar-refractivity contribution is 5.87. The third-order valence-electron chi connectivity index (χ3n) is 5.32. The summed E-state index contributed by atoms with van der Waals surface area (Å²) in [6, 6.07) is 5.92. The van der Waals surface area contributed by atoms with Gasteiger partial charge in [-0.2, -0.15) is 0 Å². The van der Waals surface area contributed by atoms with Gasteiger partial charge in [0.1, 0.15) is 5.54 Å². The monoisotopic (exact) mass is 337 g/mol. The zero-order valence-electron chi connectivity index (χ0n) is 14.3. The maximum absolute atomic E-state index is 13.6. The van der Waals surface area contributed by atoms with Gasteiger partial charge in [-0.1, -0.05) is 6.07 Å². The Balaban J connectivity index is 1.72. The molecule has 6 nitrogen and oxygen atoms in total. The summed E-state index contributed by atoms with van der Waals surface area (Å²) in [5.74, 6) is 0.180. The van der Waals surface area contributed by atoms with Crippen LogP contribution in [0.25, 0.3) is 0 Å². The summed E-state index contributed by atoms with van der Waals surface area (Å²) in [6.45, 7) is 3.21. The highest BCUT2D eigenvalue weighted by Crippen LogP contribution is 2.41. The zero-order chi connectivity index (χ0) is 17.1. The SMILES string of the molecule is O=C(N1CCCC1)[C@]1(c2cnccn2)CCCN1Cc1ccccn1. The van der Waals surface area contributed by atoms with Gasteiger partial charge in [0.15, 0.2) is 0 Å². The number of hydrogen-bond donors (Lipinski definition) is 0. The number of rotatable bonds is 4. The molecule has 2 saturated heterocycles. The Morgan fingerprint density at radius 2 is 1.92 bits per heavy atom. The predicted molar refractivity (Wildman–Crippen MR) is 93.4 cm³/mol. The van der Waals surface area contributed by atoms with Gasteiger partial charge < -0.3 is 4.90 Å². The lowest BCUT2D eigenvalue weighted by atomic mass is 9.90. The second-order valence-electron chi connectivity index (χ2n) is 6.80. The molecule has 0 spiro atoms. The number of nitrogens with zero attached hydrogens (tertiary/aromatic N) is 5. The number of pyridine rings is 1. The zero-order valence-corrected chi connectivity index (χ0v) is 14.3. The first-order valence-electron chi connectivity index (χ1n) is 9.01. The van der Waals surface area contributed by atoms with Crippen LogP contribution in [0.4, 0.5) is 0 Å². The third-order valence-corrected chi connectivity index (χ3v) is 5.32. The third kappa shape index (κ3) is 2.91. The van der Waals surface area contributed by atoms with Crippen molar-refractivity contribution < 1.29 is 4.79 Å². The van der Waals surface area contributed by atoms with E-state index in [2.05, 4.69) is 19.9 Å². The maximum atomic E-state index is 13.6. The minimum absolute atomic E-state index is 0.180. The molecule has 2 aliphatic rings. The van der Waals surface area contributed by atoms with Gasteiger partial charge in [0.05, 0.1) is 17.6 Å². The van der Waals surface area contributed by atoms with E-state index in [0.717, 1.165) is 56.7 Å². The summed E-state index contributed by atoms with van der Waals surface area (Å²) in [5.41, 5.74) is 1.03. The molecule has 2 aromatic rings. The lowest BCUT2D eigenvalue weighted by Crippen LogP contribution is -2.54. The Labute approximate surface area is 147 Å². The average molecular weight is 337 g/mol. The summed E-state index contributed by atoms with van der Waals surface area (Å²) >= 11 is 0. The van der Waals surface area contributed by atoms with Gasteiger partial charge in [-0.15, -0.1) is 0 Å². The van der Waals surface area contributed by atoms with E-state index in [9.17, 15) is 4.79 Å². The molecule has 4 rings (SSSR count). The van der Waals surface area contributed by atoms with Crippen LogP contribution in [0.1, 0.15) is 37.1 Å². The molecule has 0 radical (unpaired) electrons. The molecule has 6 heteroatoms. The van der Waals surface area contributed by atoms with Crippen LogP contribution in [0.2, 0.25) is 0 Å². The van der Waals surface area contributed by atoms with Crippen molar-refractivity contribution in [1.82, 2.24) is 24.8 Å². The maximum Gasteiger partial charge on any atom is 0.249 e. The Morgan fingerprint density at radius 1 is 1.04 bits per heavy atom. The van der Waals surface area contributed by atoms with E-state index >= 15 is 0 Å². The van der Waals surface area contributed by atoms with Gasteiger partial charge in [0, 0.05) is 44.8 Å². The molecule has 2 fully saturated rings. The minimum atomic E-state index is -0.712. The van der Waals surface area contributed by atoms with Crippen LogP contribution in [-0.2, 0) is 16.9 Å². The lowest BCUT2D eigenvalue weighted by molar-refractivity contribution is -0.143. The van der Waals surface area contributed by atoms with Gasteiger partial charge in [-0.05, 0) is 37.8 Å². The summed E-state index contributed by atoms with van der Waals surface area (Å²) in [6.07, 6.45) is 10.8. The second-order valence-corrected chi connectivity index (χ2v) is 6.80. The van der Waals surface area contributed by atoms with Crippen LogP contribution < -0.4 is 0 Å². The van der Waals surface area contributed by atoms with Crippen molar-refractivity contribution >= 4 is 5.91 Å². The van der Waals surface area contributed by atoms with Crippen molar-refractivity contribution in [3.8, 4) is 0 Å². The molecule has 1 amide bonds. The number of aromatic nitrogens is 3. The molecular formula is C19H23N5O. The molecule has 130 valence electrons. The van der Waals surface area contributed by atoms with E-state index in [1.165, 1.54) is 0 Å². The number of hydrogen-bond acceptors (Lipinski definition) is 5. The second kappa shape index (κ2) is 6.88. The van der Waals surface area contributed by atoms with E-state index in [4.69, 9.17) is 0 Å². The smallest absolute Gasteiger partial charge is 0.249 e. The van der Waals surface area contributed by atoms with E-state index in [1.807, 2.05) is 23.1 Å². The topological polar surface area (TPSA) is 62.2 Å². The Kier molecular flexibility index (Phi) is 4.44. The number of amides is 1. The Bertz CT molecular complexity index is 717.